The maximum absolute atomic E-state index is 12.8. The summed E-state index contributed by atoms with van der Waals surface area (Å²) >= 11 is 0. The molecule has 0 unspecified atom stereocenters. The second-order valence-corrected chi connectivity index (χ2v) is 6.27. The third kappa shape index (κ3) is 4.86. The Kier molecular flexibility index (Phi) is 5.19. The van der Waals surface area contributed by atoms with Crippen LogP contribution in [0.3, 0.4) is 0 Å². The Labute approximate surface area is 133 Å². The van der Waals surface area contributed by atoms with E-state index in [1.807, 2.05) is 0 Å². The standard InChI is InChI=1S/C16H21F3N2O2/c1-15(2,12-4-3-5-13(8-12)16(17,18)19)21-14(22)20-9-11-6-7-23-10-11/h3-5,8,11H,6-7,9-10H2,1-2H3,(H2,20,21,22)/t11-/m1/s1. The summed E-state index contributed by atoms with van der Waals surface area (Å²) in [5, 5.41) is 5.46. The van der Waals surface area contributed by atoms with Crippen LogP contribution in [0.2, 0.25) is 0 Å². The zero-order valence-electron chi connectivity index (χ0n) is 13.2. The lowest BCUT2D eigenvalue weighted by Crippen LogP contribution is -2.47. The van der Waals surface area contributed by atoms with Gasteiger partial charge in [-0.05, 0) is 38.0 Å². The summed E-state index contributed by atoms with van der Waals surface area (Å²) in [4.78, 5) is 12.0. The monoisotopic (exact) mass is 330 g/mol. The first-order valence-electron chi connectivity index (χ1n) is 7.50. The third-order valence-electron chi connectivity index (χ3n) is 3.91. The van der Waals surface area contributed by atoms with Crippen LogP contribution in [0.15, 0.2) is 24.3 Å². The Morgan fingerprint density at radius 2 is 2.00 bits per heavy atom. The highest BCUT2D eigenvalue weighted by Gasteiger charge is 2.32. The summed E-state index contributed by atoms with van der Waals surface area (Å²) in [6.45, 7) is 5.15. The van der Waals surface area contributed by atoms with Crippen molar-refractivity contribution in [3.8, 4) is 0 Å². The molecule has 0 spiro atoms. The van der Waals surface area contributed by atoms with Crippen LogP contribution in [0, 0.1) is 5.92 Å². The fraction of sp³-hybridized carbons (Fsp3) is 0.562. The molecule has 1 atom stereocenters. The lowest BCUT2D eigenvalue weighted by atomic mass is 9.93. The lowest BCUT2D eigenvalue weighted by Gasteiger charge is -2.28. The minimum absolute atomic E-state index is 0.289. The number of amides is 2. The van der Waals surface area contributed by atoms with Crippen molar-refractivity contribution in [3.63, 3.8) is 0 Å². The van der Waals surface area contributed by atoms with Crippen LogP contribution >= 0.6 is 0 Å². The van der Waals surface area contributed by atoms with Gasteiger partial charge < -0.3 is 15.4 Å². The first-order chi connectivity index (χ1) is 10.7. The summed E-state index contributed by atoms with van der Waals surface area (Å²) in [6, 6.07) is 4.58. The highest BCUT2D eigenvalue weighted by atomic mass is 19.4. The largest absolute Gasteiger partial charge is 0.416 e. The number of ether oxygens (including phenoxy) is 1. The van der Waals surface area contributed by atoms with Crippen molar-refractivity contribution in [2.45, 2.75) is 32.0 Å². The molecule has 0 aromatic heterocycles. The van der Waals surface area contributed by atoms with Crippen LogP contribution in [0.25, 0.3) is 0 Å². The van der Waals surface area contributed by atoms with Crippen LogP contribution < -0.4 is 10.6 Å². The number of rotatable bonds is 4. The molecule has 1 aliphatic rings. The van der Waals surface area contributed by atoms with Crippen molar-refractivity contribution in [2.75, 3.05) is 19.8 Å². The highest BCUT2D eigenvalue weighted by molar-refractivity contribution is 5.75. The van der Waals surface area contributed by atoms with Crippen LogP contribution in [-0.4, -0.2) is 25.8 Å². The number of hydrogen-bond donors (Lipinski definition) is 2. The van der Waals surface area contributed by atoms with Crippen LogP contribution in [0.1, 0.15) is 31.4 Å². The molecule has 7 heteroatoms. The van der Waals surface area contributed by atoms with Crippen LogP contribution in [0.4, 0.5) is 18.0 Å². The maximum Gasteiger partial charge on any atom is 0.416 e. The minimum atomic E-state index is -4.41. The van der Waals surface area contributed by atoms with Crippen molar-refractivity contribution in [1.29, 1.82) is 0 Å². The average molecular weight is 330 g/mol. The molecule has 128 valence electrons. The topological polar surface area (TPSA) is 50.4 Å². The summed E-state index contributed by atoms with van der Waals surface area (Å²) in [5.41, 5.74) is -1.25. The SMILES string of the molecule is CC(C)(NC(=O)NC[C@H]1CCOC1)c1cccc(C(F)(F)F)c1. The molecule has 0 radical (unpaired) electrons. The predicted molar refractivity (Wildman–Crippen MR) is 79.9 cm³/mol. The predicted octanol–water partition coefficient (Wildman–Crippen LogP) is 3.28. The van der Waals surface area contributed by atoms with Gasteiger partial charge in [0.15, 0.2) is 0 Å². The molecule has 1 aromatic rings. The van der Waals surface area contributed by atoms with Gasteiger partial charge in [0, 0.05) is 19.1 Å². The number of carbonyl (C=O) groups is 1. The molecule has 0 bridgehead atoms. The fourth-order valence-corrected chi connectivity index (χ4v) is 2.47. The molecule has 1 heterocycles. The second-order valence-electron chi connectivity index (χ2n) is 6.27. The van der Waals surface area contributed by atoms with Gasteiger partial charge in [0.2, 0.25) is 0 Å². The average Bonchev–Trinajstić information content (AvgIpc) is 2.97. The van der Waals surface area contributed by atoms with Gasteiger partial charge in [-0.3, -0.25) is 0 Å². The molecule has 0 aliphatic carbocycles. The van der Waals surface area contributed by atoms with E-state index in [-0.39, 0.29) is 5.92 Å². The third-order valence-corrected chi connectivity index (χ3v) is 3.91. The number of benzene rings is 1. The molecule has 23 heavy (non-hydrogen) atoms. The van der Waals surface area contributed by atoms with Gasteiger partial charge in [-0.25, -0.2) is 4.79 Å². The molecular formula is C16H21F3N2O2. The zero-order valence-corrected chi connectivity index (χ0v) is 13.2. The van der Waals surface area contributed by atoms with Crippen LogP contribution in [0.5, 0.6) is 0 Å². The van der Waals surface area contributed by atoms with Gasteiger partial charge in [-0.2, -0.15) is 13.2 Å². The van der Waals surface area contributed by atoms with Crippen molar-refractivity contribution >= 4 is 6.03 Å². The molecule has 1 fully saturated rings. The number of hydrogen-bond acceptors (Lipinski definition) is 2. The van der Waals surface area contributed by atoms with E-state index >= 15 is 0 Å². The highest BCUT2D eigenvalue weighted by Crippen LogP contribution is 2.32. The maximum atomic E-state index is 12.8. The van der Waals surface area contributed by atoms with E-state index in [0.717, 1.165) is 18.6 Å². The number of nitrogens with one attached hydrogen (secondary N) is 2. The Hall–Kier alpha value is -1.76. The Bertz CT molecular complexity index is 553. The van der Waals surface area contributed by atoms with E-state index in [9.17, 15) is 18.0 Å². The second kappa shape index (κ2) is 6.78. The molecule has 2 amide bonds. The molecule has 1 aromatic carbocycles. The van der Waals surface area contributed by atoms with Crippen LogP contribution in [-0.2, 0) is 16.5 Å². The normalized spacial score (nSPS) is 18.7. The number of carbonyl (C=O) groups excluding carboxylic acids is 1. The minimum Gasteiger partial charge on any atom is -0.381 e. The fourth-order valence-electron chi connectivity index (χ4n) is 2.47. The van der Waals surface area contributed by atoms with Gasteiger partial charge in [0.1, 0.15) is 0 Å². The van der Waals surface area contributed by atoms with Gasteiger partial charge in [0.05, 0.1) is 17.7 Å². The van der Waals surface area contributed by atoms with Gasteiger partial charge in [-0.15, -0.1) is 0 Å². The van der Waals surface area contributed by atoms with Gasteiger partial charge >= 0.3 is 12.2 Å². The quantitative estimate of drug-likeness (QED) is 0.890. The number of halogens is 3. The molecule has 0 saturated carbocycles. The van der Waals surface area contributed by atoms with E-state index in [1.165, 1.54) is 6.07 Å². The van der Waals surface area contributed by atoms with E-state index < -0.39 is 23.3 Å². The van der Waals surface area contributed by atoms with E-state index in [2.05, 4.69) is 10.6 Å². The number of alkyl halides is 3. The lowest BCUT2D eigenvalue weighted by molar-refractivity contribution is -0.137. The Balaban J connectivity index is 1.98. The van der Waals surface area contributed by atoms with Crippen molar-refractivity contribution in [3.05, 3.63) is 35.4 Å². The van der Waals surface area contributed by atoms with E-state index in [1.54, 1.807) is 19.9 Å². The van der Waals surface area contributed by atoms with Gasteiger partial charge in [-0.1, -0.05) is 12.1 Å². The smallest absolute Gasteiger partial charge is 0.381 e. The van der Waals surface area contributed by atoms with Crippen molar-refractivity contribution < 1.29 is 22.7 Å². The van der Waals surface area contributed by atoms with E-state index in [4.69, 9.17) is 4.74 Å². The molecule has 2 N–H and O–H groups in total. The molecule has 1 aliphatic heterocycles. The number of urea groups is 1. The van der Waals surface area contributed by atoms with Gasteiger partial charge in [0.25, 0.3) is 0 Å². The molecular weight excluding hydrogens is 309 g/mol. The van der Waals surface area contributed by atoms with Crippen molar-refractivity contribution in [2.24, 2.45) is 5.92 Å². The first kappa shape index (κ1) is 17.6. The molecule has 2 rings (SSSR count). The van der Waals surface area contributed by atoms with Crippen molar-refractivity contribution in [1.82, 2.24) is 10.6 Å². The summed E-state index contributed by atoms with van der Waals surface area (Å²) in [7, 11) is 0. The zero-order chi connectivity index (χ0) is 17.1. The molecule has 1 saturated heterocycles. The Morgan fingerprint density at radius 3 is 2.61 bits per heavy atom. The summed E-state index contributed by atoms with van der Waals surface area (Å²) < 4.78 is 43.6. The molecule has 4 nitrogen and oxygen atoms in total. The summed E-state index contributed by atoms with van der Waals surface area (Å²) in [5.74, 6) is 0.289. The summed E-state index contributed by atoms with van der Waals surface area (Å²) in [6.07, 6.45) is -3.51. The first-order valence-corrected chi connectivity index (χ1v) is 7.50. The van der Waals surface area contributed by atoms with E-state index in [0.29, 0.717) is 25.3 Å². The Morgan fingerprint density at radius 1 is 1.30 bits per heavy atom.